The lowest BCUT2D eigenvalue weighted by Gasteiger charge is -2.53. The van der Waals surface area contributed by atoms with Gasteiger partial charge in [-0.3, -0.25) is 0 Å². The molecule has 0 amide bonds. The maximum atomic E-state index is 2.43. The van der Waals surface area contributed by atoms with Gasteiger partial charge >= 0.3 is 6.29 Å². The first-order valence-electron chi connectivity index (χ1n) is 8.68. The highest BCUT2D eigenvalue weighted by atomic mass is 15.7. The first-order chi connectivity index (χ1) is 9.17. The van der Waals surface area contributed by atoms with Gasteiger partial charge in [-0.2, -0.15) is 0 Å². The minimum absolute atomic E-state index is 0. The molecule has 0 fully saturated rings. The van der Waals surface area contributed by atoms with Gasteiger partial charge in [0.2, 0.25) is 0 Å². The summed E-state index contributed by atoms with van der Waals surface area (Å²) in [6.07, 6.45) is 0.611. The standard InChI is InChI=1S/C15H38N3.C2H6.10CH4/c1-10-16(6,7)15(17(8,11-2)12-3)18(9,13-4)14-5;1-2;;;;;;;;;;/h15H,10-14H2,1-9H3;1-2H3;10*1H4/q+3;;;;;;;;;;;. The van der Waals surface area contributed by atoms with Crippen molar-refractivity contribution in [2.75, 3.05) is 60.9 Å². The van der Waals surface area contributed by atoms with Gasteiger partial charge in [0.25, 0.3) is 0 Å². The van der Waals surface area contributed by atoms with Crippen molar-refractivity contribution in [1.82, 2.24) is 0 Å². The molecule has 0 aromatic heterocycles. The van der Waals surface area contributed by atoms with Crippen LogP contribution in [0.4, 0.5) is 0 Å². The molecule has 0 unspecified atom stereocenters. The van der Waals surface area contributed by atoms with E-state index in [1.807, 2.05) is 13.8 Å². The molecule has 0 N–H and O–H groups in total. The van der Waals surface area contributed by atoms with E-state index in [-0.39, 0.29) is 74.3 Å². The molecular formula is C27H84N3+3. The van der Waals surface area contributed by atoms with Crippen molar-refractivity contribution in [3.63, 3.8) is 0 Å². The molecule has 0 saturated heterocycles. The molecule has 0 radical (unpaired) electrons. The zero-order chi connectivity index (χ0) is 16.6. The van der Waals surface area contributed by atoms with Crippen molar-refractivity contribution >= 4 is 0 Å². The lowest BCUT2D eigenvalue weighted by Crippen LogP contribution is -2.77. The molecule has 0 atom stereocenters. The summed E-state index contributed by atoms with van der Waals surface area (Å²) < 4.78 is 3.40. The fraction of sp³-hybridized carbons (Fsp3) is 1.00. The van der Waals surface area contributed by atoms with Crippen LogP contribution in [0.1, 0.15) is 123 Å². The topological polar surface area (TPSA) is 0 Å². The third-order valence-corrected chi connectivity index (χ3v) is 5.44. The van der Waals surface area contributed by atoms with E-state index < -0.39 is 0 Å². The van der Waals surface area contributed by atoms with Gasteiger partial charge in [0, 0.05) is 0 Å². The van der Waals surface area contributed by atoms with Crippen molar-refractivity contribution in [1.29, 1.82) is 0 Å². The first kappa shape index (κ1) is 78.0. The van der Waals surface area contributed by atoms with Crippen molar-refractivity contribution in [3.8, 4) is 0 Å². The lowest BCUT2D eigenvalue weighted by atomic mass is 10.2. The number of quaternary nitrogens is 3. The van der Waals surface area contributed by atoms with Crippen LogP contribution < -0.4 is 0 Å². The van der Waals surface area contributed by atoms with Crippen LogP contribution in [-0.2, 0) is 0 Å². The molecule has 0 rings (SSSR count). The number of hydrogen-bond acceptors (Lipinski definition) is 0. The summed E-state index contributed by atoms with van der Waals surface area (Å²) >= 11 is 0. The zero-order valence-corrected chi connectivity index (χ0v) is 16.5. The Morgan fingerprint density at radius 3 is 0.667 bits per heavy atom. The van der Waals surface area contributed by atoms with Gasteiger partial charge in [0.15, 0.2) is 0 Å². The summed E-state index contributed by atoms with van der Waals surface area (Å²) in [7, 11) is 9.66. The summed E-state index contributed by atoms with van der Waals surface area (Å²) in [6, 6.07) is 0. The van der Waals surface area contributed by atoms with Crippen molar-refractivity contribution in [3.05, 3.63) is 0 Å². The van der Waals surface area contributed by atoms with Crippen LogP contribution in [0.3, 0.4) is 0 Å². The summed E-state index contributed by atoms with van der Waals surface area (Å²) in [6.45, 7) is 21.7. The second-order valence-corrected chi connectivity index (χ2v) is 6.67. The Kier molecular flexibility index (Phi) is 87.1. The number of nitrogens with zero attached hydrogens (tertiary/aromatic N) is 3. The van der Waals surface area contributed by atoms with Crippen LogP contribution >= 0.6 is 0 Å². The second-order valence-electron chi connectivity index (χ2n) is 6.67. The molecule has 0 aliphatic heterocycles. The molecular weight excluding hydrogens is 366 g/mol. The van der Waals surface area contributed by atoms with Crippen LogP contribution in [0, 0.1) is 0 Å². The quantitative estimate of drug-likeness (QED) is 0.255. The normalized spacial score (nSPS) is 8.80. The minimum atomic E-state index is 0. The van der Waals surface area contributed by atoms with Gasteiger partial charge in [-0.15, -0.1) is 0 Å². The summed E-state index contributed by atoms with van der Waals surface area (Å²) in [4.78, 5) is 0. The Morgan fingerprint density at radius 2 is 0.567 bits per heavy atom. The van der Waals surface area contributed by atoms with Crippen LogP contribution in [0.15, 0.2) is 0 Å². The summed E-state index contributed by atoms with van der Waals surface area (Å²) in [5.74, 6) is 0. The smallest absolute Gasteiger partial charge is 0.229 e. The lowest BCUT2D eigenvalue weighted by molar-refractivity contribution is -1.26. The van der Waals surface area contributed by atoms with Crippen molar-refractivity contribution in [2.45, 2.75) is 129 Å². The second kappa shape index (κ2) is 33.5. The predicted molar refractivity (Wildman–Crippen MR) is 160 cm³/mol. The molecule has 0 spiro atoms. The molecule has 0 aromatic rings. The minimum Gasteiger partial charge on any atom is -0.229 e. The van der Waals surface area contributed by atoms with Crippen molar-refractivity contribution < 1.29 is 13.4 Å². The average Bonchev–Trinajstić information content (AvgIpc) is 2.48. The summed E-state index contributed by atoms with van der Waals surface area (Å²) in [5.41, 5.74) is 0. The van der Waals surface area contributed by atoms with Gasteiger partial charge in [0.05, 0.1) is 60.9 Å². The molecule has 30 heavy (non-hydrogen) atoms. The Balaban J connectivity index is -0.0000000261. The molecule has 0 saturated carbocycles. The molecule has 0 aliphatic rings. The Hall–Kier alpha value is -0.120. The Bertz CT molecular complexity index is 224. The van der Waals surface area contributed by atoms with Crippen LogP contribution in [0.25, 0.3) is 0 Å². The van der Waals surface area contributed by atoms with E-state index in [0.717, 1.165) is 13.4 Å². The van der Waals surface area contributed by atoms with E-state index >= 15 is 0 Å². The maximum absolute atomic E-state index is 2.43. The van der Waals surface area contributed by atoms with Gasteiger partial charge in [0.1, 0.15) is 0 Å². The van der Waals surface area contributed by atoms with Crippen LogP contribution in [0.2, 0.25) is 0 Å². The van der Waals surface area contributed by atoms with E-state index in [1.165, 1.54) is 32.7 Å². The number of rotatable bonds is 8. The van der Waals surface area contributed by atoms with Crippen molar-refractivity contribution in [2.24, 2.45) is 0 Å². The third-order valence-electron chi connectivity index (χ3n) is 5.44. The van der Waals surface area contributed by atoms with Gasteiger partial charge < -0.3 is 0 Å². The number of hydrogen-bond donors (Lipinski definition) is 0. The van der Waals surface area contributed by atoms with E-state index in [0.29, 0.717) is 6.29 Å². The molecule has 204 valence electrons. The highest BCUT2D eigenvalue weighted by Crippen LogP contribution is 2.27. The first-order valence-corrected chi connectivity index (χ1v) is 8.68. The molecule has 0 aliphatic carbocycles. The molecule has 0 bridgehead atoms. The fourth-order valence-corrected chi connectivity index (χ4v) is 3.45. The fourth-order valence-electron chi connectivity index (χ4n) is 3.45. The maximum Gasteiger partial charge on any atom is 0.342 e. The van der Waals surface area contributed by atoms with Crippen LogP contribution in [0.5, 0.6) is 0 Å². The van der Waals surface area contributed by atoms with Crippen LogP contribution in [-0.4, -0.2) is 80.7 Å². The monoisotopic (exact) mass is 451 g/mol. The largest absolute Gasteiger partial charge is 0.342 e. The predicted octanol–water partition coefficient (Wildman–Crippen LogP) is 9.73. The SMILES string of the molecule is C.C.C.C.C.C.C.C.C.C.CC.CC[N+](C)(C)C([N+](C)(CC)CC)[N+](C)(CC)CC. The highest BCUT2D eigenvalue weighted by Gasteiger charge is 2.53. The van der Waals surface area contributed by atoms with Gasteiger partial charge in [-0.05, 0) is 34.6 Å². The molecule has 0 heterocycles. The molecule has 3 nitrogen and oxygen atoms in total. The van der Waals surface area contributed by atoms with E-state index in [2.05, 4.69) is 62.8 Å². The Labute approximate surface area is 203 Å². The Morgan fingerprint density at radius 1 is 0.400 bits per heavy atom. The summed E-state index contributed by atoms with van der Waals surface area (Å²) in [5, 5.41) is 0. The average molecular weight is 451 g/mol. The van der Waals surface area contributed by atoms with Gasteiger partial charge in [-0.1, -0.05) is 88.1 Å². The zero-order valence-electron chi connectivity index (χ0n) is 16.5. The van der Waals surface area contributed by atoms with Gasteiger partial charge in [-0.25, -0.2) is 13.4 Å². The molecule has 3 heteroatoms. The van der Waals surface area contributed by atoms with E-state index in [1.54, 1.807) is 0 Å². The highest BCUT2D eigenvalue weighted by molar-refractivity contribution is 4.40. The third kappa shape index (κ3) is 18.6. The van der Waals surface area contributed by atoms with E-state index in [4.69, 9.17) is 0 Å². The van der Waals surface area contributed by atoms with E-state index in [9.17, 15) is 0 Å². The molecule has 0 aromatic carbocycles.